The first-order valence-electron chi connectivity index (χ1n) is 5.67. The van der Waals surface area contributed by atoms with E-state index in [-0.39, 0.29) is 15.7 Å². The number of carbonyl (C=O) groups is 1. The van der Waals surface area contributed by atoms with E-state index in [4.69, 9.17) is 23.2 Å². The number of hydrogen-bond donors (Lipinski definition) is 0. The van der Waals surface area contributed by atoms with Crippen molar-refractivity contribution < 1.29 is 9.72 Å². The molecule has 0 radical (unpaired) electrons. The lowest BCUT2D eigenvalue weighted by molar-refractivity contribution is -0.384. The van der Waals surface area contributed by atoms with Crippen LogP contribution in [-0.2, 0) is 6.42 Å². The van der Waals surface area contributed by atoms with Gasteiger partial charge in [-0.2, -0.15) is 0 Å². The predicted octanol–water partition coefficient (Wildman–Crippen LogP) is 4.30. The summed E-state index contributed by atoms with van der Waals surface area (Å²) in [4.78, 5) is 20.7. The van der Waals surface area contributed by atoms with E-state index in [0.29, 0.717) is 17.5 Å². The fraction of sp³-hybridized carbons (Fsp3) is 0.0714. The number of nitro benzene ring substituents is 1. The molecular formula is C14H9Cl2NO3. The maximum absolute atomic E-state index is 10.7. The lowest BCUT2D eigenvalue weighted by Crippen LogP contribution is -1.95. The van der Waals surface area contributed by atoms with Gasteiger partial charge in [0, 0.05) is 24.1 Å². The number of nitro groups is 1. The lowest BCUT2D eigenvalue weighted by Gasteiger charge is -2.07. The Labute approximate surface area is 125 Å². The van der Waals surface area contributed by atoms with Crippen molar-refractivity contribution >= 4 is 35.2 Å². The van der Waals surface area contributed by atoms with E-state index in [2.05, 4.69) is 0 Å². The molecule has 4 nitrogen and oxygen atoms in total. The molecule has 0 unspecified atom stereocenters. The number of hydrogen-bond acceptors (Lipinski definition) is 3. The molecule has 2 aromatic carbocycles. The molecule has 20 heavy (non-hydrogen) atoms. The Morgan fingerprint density at radius 2 is 1.65 bits per heavy atom. The highest BCUT2D eigenvalue weighted by Crippen LogP contribution is 2.31. The molecule has 0 fully saturated rings. The van der Waals surface area contributed by atoms with Crippen LogP contribution in [-0.4, -0.2) is 11.2 Å². The monoisotopic (exact) mass is 309 g/mol. The summed E-state index contributed by atoms with van der Waals surface area (Å²) in [5, 5.41) is 11.2. The highest BCUT2D eigenvalue weighted by atomic mass is 35.5. The van der Waals surface area contributed by atoms with Crippen LogP contribution >= 0.6 is 23.2 Å². The molecule has 0 aliphatic heterocycles. The van der Waals surface area contributed by atoms with Gasteiger partial charge in [0.15, 0.2) is 0 Å². The summed E-state index contributed by atoms with van der Waals surface area (Å²) in [6.07, 6.45) is 1.20. The lowest BCUT2D eigenvalue weighted by atomic mass is 10.0. The van der Waals surface area contributed by atoms with E-state index in [1.807, 2.05) is 0 Å². The Kier molecular flexibility index (Phi) is 4.37. The second-order valence-electron chi connectivity index (χ2n) is 4.18. The molecule has 2 rings (SSSR count). The normalized spacial score (nSPS) is 10.3. The van der Waals surface area contributed by atoms with Gasteiger partial charge < -0.3 is 0 Å². The maximum Gasteiger partial charge on any atom is 0.272 e. The van der Waals surface area contributed by atoms with Crippen LogP contribution in [0.3, 0.4) is 0 Å². The van der Waals surface area contributed by atoms with E-state index in [1.165, 1.54) is 12.1 Å². The molecule has 0 N–H and O–H groups in total. The summed E-state index contributed by atoms with van der Waals surface area (Å²) >= 11 is 12.1. The Morgan fingerprint density at radius 3 is 2.10 bits per heavy atom. The van der Waals surface area contributed by atoms with E-state index in [1.54, 1.807) is 24.3 Å². The van der Waals surface area contributed by atoms with E-state index in [9.17, 15) is 14.9 Å². The van der Waals surface area contributed by atoms with Gasteiger partial charge in [0.25, 0.3) is 5.69 Å². The molecule has 0 bridgehead atoms. The SMILES string of the molecule is O=Cc1ccc(Cc2c(Cl)cc([N+](=O)[O-])cc2Cl)cc1. The largest absolute Gasteiger partial charge is 0.298 e. The zero-order valence-electron chi connectivity index (χ0n) is 10.2. The molecule has 0 spiro atoms. The van der Waals surface area contributed by atoms with Gasteiger partial charge in [-0.3, -0.25) is 14.9 Å². The number of rotatable bonds is 4. The summed E-state index contributed by atoms with van der Waals surface area (Å²) in [6.45, 7) is 0. The zero-order valence-corrected chi connectivity index (χ0v) is 11.7. The highest BCUT2D eigenvalue weighted by Gasteiger charge is 2.14. The van der Waals surface area contributed by atoms with Gasteiger partial charge >= 0.3 is 0 Å². The Balaban J connectivity index is 2.33. The molecule has 0 aliphatic rings. The Hall–Kier alpha value is -1.91. The van der Waals surface area contributed by atoms with Gasteiger partial charge in [0.05, 0.1) is 15.0 Å². The van der Waals surface area contributed by atoms with Gasteiger partial charge in [-0.15, -0.1) is 0 Å². The second kappa shape index (κ2) is 6.03. The molecule has 0 amide bonds. The number of aldehydes is 1. The molecule has 0 aromatic heterocycles. The number of benzene rings is 2. The summed E-state index contributed by atoms with van der Waals surface area (Å²) in [5.41, 5.74) is 1.97. The first-order valence-corrected chi connectivity index (χ1v) is 6.43. The number of nitrogens with zero attached hydrogens (tertiary/aromatic N) is 1. The summed E-state index contributed by atoms with van der Waals surface area (Å²) in [5.74, 6) is 0. The molecule has 2 aromatic rings. The highest BCUT2D eigenvalue weighted by molar-refractivity contribution is 6.36. The quantitative estimate of drug-likeness (QED) is 0.480. The third-order valence-corrected chi connectivity index (χ3v) is 3.51. The molecule has 0 saturated heterocycles. The molecule has 0 heterocycles. The molecule has 0 atom stereocenters. The molecular weight excluding hydrogens is 301 g/mol. The minimum Gasteiger partial charge on any atom is -0.298 e. The van der Waals surface area contributed by atoms with Crippen LogP contribution in [0.4, 0.5) is 5.69 Å². The Bertz CT molecular complexity index is 646. The van der Waals surface area contributed by atoms with Crippen molar-refractivity contribution in [3.63, 3.8) is 0 Å². The third kappa shape index (κ3) is 3.15. The molecule has 6 heteroatoms. The smallest absolute Gasteiger partial charge is 0.272 e. The van der Waals surface area contributed by atoms with Gasteiger partial charge in [-0.05, 0) is 11.1 Å². The van der Waals surface area contributed by atoms with Crippen LogP contribution in [0.25, 0.3) is 0 Å². The summed E-state index contributed by atoms with van der Waals surface area (Å²) in [6, 6.07) is 9.52. The van der Waals surface area contributed by atoms with Crippen molar-refractivity contribution in [2.75, 3.05) is 0 Å². The van der Waals surface area contributed by atoms with Crippen molar-refractivity contribution in [1.29, 1.82) is 0 Å². The van der Waals surface area contributed by atoms with Crippen LogP contribution in [0, 0.1) is 10.1 Å². The standard InChI is InChI=1S/C14H9Cl2NO3/c15-13-6-11(17(19)20)7-14(16)12(13)5-9-1-3-10(8-18)4-2-9/h1-4,6-8H,5H2. The minimum absolute atomic E-state index is 0.139. The first-order chi connectivity index (χ1) is 9.51. The minimum atomic E-state index is -0.541. The maximum atomic E-state index is 10.7. The molecule has 102 valence electrons. The van der Waals surface area contributed by atoms with Crippen molar-refractivity contribution in [3.05, 3.63) is 73.2 Å². The summed E-state index contributed by atoms with van der Waals surface area (Å²) < 4.78 is 0. The van der Waals surface area contributed by atoms with Crippen molar-refractivity contribution in [2.24, 2.45) is 0 Å². The topological polar surface area (TPSA) is 60.2 Å². The van der Waals surface area contributed by atoms with Gasteiger partial charge in [0.1, 0.15) is 6.29 Å². The van der Waals surface area contributed by atoms with Crippen LogP contribution in [0.1, 0.15) is 21.5 Å². The van der Waals surface area contributed by atoms with Gasteiger partial charge in [-0.1, -0.05) is 47.5 Å². The van der Waals surface area contributed by atoms with E-state index in [0.717, 1.165) is 11.8 Å². The van der Waals surface area contributed by atoms with Crippen LogP contribution in [0.5, 0.6) is 0 Å². The van der Waals surface area contributed by atoms with Crippen LogP contribution in [0.2, 0.25) is 10.0 Å². The average Bonchev–Trinajstić information content (AvgIpc) is 2.43. The van der Waals surface area contributed by atoms with E-state index < -0.39 is 4.92 Å². The Morgan fingerprint density at radius 1 is 1.10 bits per heavy atom. The number of non-ortho nitro benzene ring substituents is 1. The molecule has 0 saturated carbocycles. The predicted molar refractivity (Wildman–Crippen MR) is 77.8 cm³/mol. The second-order valence-corrected chi connectivity index (χ2v) is 5.00. The van der Waals surface area contributed by atoms with Crippen molar-refractivity contribution in [2.45, 2.75) is 6.42 Å². The third-order valence-electron chi connectivity index (χ3n) is 2.83. The fourth-order valence-corrected chi connectivity index (χ4v) is 2.39. The first kappa shape index (κ1) is 14.5. The van der Waals surface area contributed by atoms with Crippen LogP contribution < -0.4 is 0 Å². The van der Waals surface area contributed by atoms with E-state index >= 15 is 0 Å². The number of halogens is 2. The number of carbonyl (C=O) groups excluding carboxylic acids is 1. The zero-order chi connectivity index (χ0) is 14.7. The molecule has 0 aliphatic carbocycles. The average molecular weight is 310 g/mol. The van der Waals surface area contributed by atoms with Gasteiger partial charge in [-0.25, -0.2) is 0 Å². The van der Waals surface area contributed by atoms with Gasteiger partial charge in [0.2, 0.25) is 0 Å². The van der Waals surface area contributed by atoms with Crippen molar-refractivity contribution in [3.8, 4) is 0 Å². The van der Waals surface area contributed by atoms with Crippen molar-refractivity contribution in [1.82, 2.24) is 0 Å². The fourth-order valence-electron chi connectivity index (χ4n) is 1.78. The summed E-state index contributed by atoms with van der Waals surface area (Å²) in [7, 11) is 0. The van der Waals surface area contributed by atoms with Crippen LogP contribution in [0.15, 0.2) is 36.4 Å².